The first-order valence-corrected chi connectivity index (χ1v) is 8.70. The van der Waals surface area contributed by atoms with Gasteiger partial charge in [0.15, 0.2) is 0 Å². The fourth-order valence-corrected chi connectivity index (χ4v) is 3.95. The summed E-state index contributed by atoms with van der Waals surface area (Å²) in [5.74, 6) is 0.692. The van der Waals surface area contributed by atoms with E-state index in [-0.39, 0.29) is 5.92 Å². The van der Waals surface area contributed by atoms with Crippen LogP contribution < -0.4 is 0 Å². The van der Waals surface area contributed by atoms with Crippen LogP contribution in [0.3, 0.4) is 0 Å². The van der Waals surface area contributed by atoms with Gasteiger partial charge in [-0.15, -0.1) is 0 Å². The van der Waals surface area contributed by atoms with Crippen molar-refractivity contribution in [3.63, 3.8) is 0 Å². The molecule has 1 aromatic carbocycles. The standard InChI is InChI=1S/C19H28N2O/c1-15-11-16(2)13-17(12-15)14-20-9-5-18(6-10-20)19(22)21-7-3-4-8-21/h11-13,18H,3-10,14H2,1-2H3. The van der Waals surface area contributed by atoms with E-state index in [4.69, 9.17) is 0 Å². The number of piperidine rings is 1. The van der Waals surface area contributed by atoms with Crippen molar-refractivity contribution in [1.29, 1.82) is 0 Å². The second kappa shape index (κ2) is 6.82. The van der Waals surface area contributed by atoms with Crippen LogP contribution in [-0.2, 0) is 11.3 Å². The molecule has 2 aliphatic heterocycles. The van der Waals surface area contributed by atoms with Gasteiger partial charge in [-0.25, -0.2) is 0 Å². The van der Waals surface area contributed by atoms with Gasteiger partial charge in [-0.05, 0) is 58.2 Å². The van der Waals surface area contributed by atoms with Crippen molar-refractivity contribution in [3.05, 3.63) is 34.9 Å². The van der Waals surface area contributed by atoms with Gasteiger partial charge in [-0.3, -0.25) is 9.69 Å². The Morgan fingerprint density at radius 2 is 1.59 bits per heavy atom. The minimum Gasteiger partial charge on any atom is -0.342 e. The van der Waals surface area contributed by atoms with Crippen molar-refractivity contribution < 1.29 is 4.79 Å². The van der Waals surface area contributed by atoms with Crippen molar-refractivity contribution in [2.45, 2.75) is 46.1 Å². The summed E-state index contributed by atoms with van der Waals surface area (Å²) in [5, 5.41) is 0. The quantitative estimate of drug-likeness (QED) is 0.856. The van der Waals surface area contributed by atoms with Gasteiger partial charge in [0.2, 0.25) is 5.91 Å². The Hall–Kier alpha value is -1.35. The summed E-state index contributed by atoms with van der Waals surface area (Å²) < 4.78 is 0. The highest BCUT2D eigenvalue weighted by atomic mass is 16.2. The Morgan fingerprint density at radius 3 is 2.18 bits per heavy atom. The third-order valence-corrected chi connectivity index (χ3v) is 5.04. The first-order valence-electron chi connectivity index (χ1n) is 8.70. The molecule has 120 valence electrons. The number of nitrogens with zero attached hydrogens (tertiary/aromatic N) is 2. The van der Waals surface area contributed by atoms with E-state index in [1.54, 1.807) is 0 Å². The highest BCUT2D eigenvalue weighted by Gasteiger charge is 2.29. The first-order chi connectivity index (χ1) is 10.6. The summed E-state index contributed by atoms with van der Waals surface area (Å²) in [7, 11) is 0. The predicted octanol–water partition coefficient (Wildman–Crippen LogP) is 3.14. The molecule has 0 aliphatic carbocycles. The number of benzene rings is 1. The Morgan fingerprint density at radius 1 is 1.00 bits per heavy atom. The normalized spacial score (nSPS) is 20.5. The molecule has 0 spiro atoms. The maximum atomic E-state index is 12.5. The molecule has 22 heavy (non-hydrogen) atoms. The molecule has 3 nitrogen and oxygen atoms in total. The van der Waals surface area contributed by atoms with Gasteiger partial charge >= 0.3 is 0 Å². The third-order valence-electron chi connectivity index (χ3n) is 5.04. The fraction of sp³-hybridized carbons (Fsp3) is 0.632. The molecule has 0 unspecified atom stereocenters. The molecular weight excluding hydrogens is 272 g/mol. The zero-order chi connectivity index (χ0) is 15.5. The minimum atomic E-state index is 0.272. The molecule has 2 aliphatic rings. The first kappa shape index (κ1) is 15.5. The maximum absolute atomic E-state index is 12.5. The molecule has 3 rings (SSSR count). The lowest BCUT2D eigenvalue weighted by Crippen LogP contribution is -2.41. The predicted molar refractivity (Wildman–Crippen MR) is 89.7 cm³/mol. The highest BCUT2D eigenvalue weighted by Crippen LogP contribution is 2.23. The number of hydrogen-bond acceptors (Lipinski definition) is 2. The van der Waals surface area contributed by atoms with Crippen molar-refractivity contribution in [2.24, 2.45) is 5.92 Å². The zero-order valence-electron chi connectivity index (χ0n) is 14.0. The lowest BCUT2D eigenvalue weighted by molar-refractivity contribution is -0.136. The van der Waals surface area contributed by atoms with Crippen LogP contribution in [0.4, 0.5) is 0 Å². The van der Waals surface area contributed by atoms with E-state index in [9.17, 15) is 4.79 Å². The van der Waals surface area contributed by atoms with Gasteiger partial charge in [-0.1, -0.05) is 29.3 Å². The molecule has 2 heterocycles. The average molecular weight is 300 g/mol. The molecule has 0 N–H and O–H groups in total. The van der Waals surface area contributed by atoms with Crippen LogP contribution in [0.15, 0.2) is 18.2 Å². The van der Waals surface area contributed by atoms with E-state index in [0.717, 1.165) is 45.6 Å². The molecule has 1 aromatic rings. The Kier molecular flexibility index (Phi) is 4.82. The summed E-state index contributed by atoms with van der Waals surface area (Å²) in [6.07, 6.45) is 4.44. The van der Waals surface area contributed by atoms with Gasteiger partial charge in [-0.2, -0.15) is 0 Å². The molecule has 2 saturated heterocycles. The van der Waals surface area contributed by atoms with E-state index in [1.165, 1.54) is 29.5 Å². The Bertz CT molecular complexity index is 506. The van der Waals surface area contributed by atoms with Crippen LogP contribution >= 0.6 is 0 Å². The van der Waals surface area contributed by atoms with Gasteiger partial charge in [0.1, 0.15) is 0 Å². The van der Waals surface area contributed by atoms with E-state index in [0.29, 0.717) is 5.91 Å². The number of aryl methyl sites for hydroxylation is 2. The molecule has 0 radical (unpaired) electrons. The molecule has 0 bridgehead atoms. The van der Waals surface area contributed by atoms with Crippen molar-refractivity contribution in [3.8, 4) is 0 Å². The molecular formula is C19H28N2O. The van der Waals surface area contributed by atoms with Crippen molar-refractivity contribution in [2.75, 3.05) is 26.2 Å². The van der Waals surface area contributed by atoms with Gasteiger partial charge in [0, 0.05) is 25.6 Å². The number of carbonyl (C=O) groups excluding carboxylic acids is 1. The number of rotatable bonds is 3. The Labute approximate surface area is 134 Å². The molecule has 0 saturated carbocycles. The average Bonchev–Trinajstić information content (AvgIpc) is 3.00. The summed E-state index contributed by atoms with van der Waals surface area (Å²) in [5.41, 5.74) is 4.09. The fourth-order valence-electron chi connectivity index (χ4n) is 3.95. The lowest BCUT2D eigenvalue weighted by Gasteiger charge is -2.33. The maximum Gasteiger partial charge on any atom is 0.225 e. The second-order valence-corrected chi connectivity index (χ2v) is 7.08. The Balaban J connectivity index is 1.52. The molecule has 2 fully saturated rings. The summed E-state index contributed by atoms with van der Waals surface area (Å²) >= 11 is 0. The topological polar surface area (TPSA) is 23.6 Å². The van der Waals surface area contributed by atoms with Gasteiger partial charge in [0.25, 0.3) is 0 Å². The van der Waals surface area contributed by atoms with Crippen LogP contribution in [0, 0.1) is 19.8 Å². The zero-order valence-corrected chi connectivity index (χ0v) is 14.0. The summed E-state index contributed by atoms with van der Waals surface area (Å²) in [6, 6.07) is 6.80. The van der Waals surface area contributed by atoms with E-state index in [2.05, 4.69) is 41.8 Å². The summed E-state index contributed by atoms with van der Waals surface area (Å²) in [4.78, 5) is 17.1. The number of hydrogen-bond donors (Lipinski definition) is 0. The minimum absolute atomic E-state index is 0.272. The van der Waals surface area contributed by atoms with E-state index in [1.807, 2.05) is 0 Å². The van der Waals surface area contributed by atoms with Crippen LogP contribution in [0.1, 0.15) is 42.4 Å². The van der Waals surface area contributed by atoms with Crippen LogP contribution in [-0.4, -0.2) is 41.9 Å². The van der Waals surface area contributed by atoms with Crippen LogP contribution in [0.25, 0.3) is 0 Å². The van der Waals surface area contributed by atoms with Crippen LogP contribution in [0.5, 0.6) is 0 Å². The van der Waals surface area contributed by atoms with Gasteiger partial charge < -0.3 is 4.90 Å². The molecule has 3 heteroatoms. The third kappa shape index (κ3) is 3.70. The smallest absolute Gasteiger partial charge is 0.225 e. The monoisotopic (exact) mass is 300 g/mol. The molecule has 0 atom stereocenters. The second-order valence-electron chi connectivity index (χ2n) is 7.08. The lowest BCUT2D eigenvalue weighted by atomic mass is 9.95. The van der Waals surface area contributed by atoms with Crippen LogP contribution in [0.2, 0.25) is 0 Å². The van der Waals surface area contributed by atoms with Crippen molar-refractivity contribution >= 4 is 5.91 Å². The number of carbonyl (C=O) groups is 1. The van der Waals surface area contributed by atoms with Gasteiger partial charge in [0.05, 0.1) is 0 Å². The van der Waals surface area contributed by atoms with E-state index >= 15 is 0 Å². The largest absolute Gasteiger partial charge is 0.342 e. The number of amides is 1. The molecule has 1 amide bonds. The van der Waals surface area contributed by atoms with Crippen molar-refractivity contribution in [1.82, 2.24) is 9.80 Å². The number of likely N-dealkylation sites (tertiary alicyclic amines) is 2. The SMILES string of the molecule is Cc1cc(C)cc(CN2CCC(C(=O)N3CCCC3)CC2)c1. The molecule has 0 aromatic heterocycles. The highest BCUT2D eigenvalue weighted by molar-refractivity contribution is 5.79. The summed E-state index contributed by atoms with van der Waals surface area (Å²) in [6.45, 7) is 9.43. The van der Waals surface area contributed by atoms with E-state index < -0.39 is 0 Å².